The number of aromatic amines is 1. The Balaban J connectivity index is 2.14. The van der Waals surface area contributed by atoms with Gasteiger partial charge in [0.2, 0.25) is 0 Å². The SMILES string of the molecule is O=c1[nH]c(-c2cncc(Br)c2)nc2c1CCNC2. The molecule has 5 nitrogen and oxygen atoms in total. The predicted octanol–water partition coefficient (Wildman–Crippen LogP) is 1.24. The van der Waals surface area contributed by atoms with Gasteiger partial charge in [0, 0.05) is 34.5 Å². The quantitative estimate of drug-likeness (QED) is 0.831. The van der Waals surface area contributed by atoms with Gasteiger partial charge in [-0.3, -0.25) is 9.78 Å². The van der Waals surface area contributed by atoms with Gasteiger partial charge in [-0.15, -0.1) is 0 Å². The van der Waals surface area contributed by atoms with Gasteiger partial charge in [-0.1, -0.05) is 0 Å². The van der Waals surface area contributed by atoms with E-state index in [-0.39, 0.29) is 5.56 Å². The highest BCUT2D eigenvalue weighted by atomic mass is 79.9. The largest absolute Gasteiger partial charge is 0.311 e. The minimum atomic E-state index is -0.0449. The molecule has 0 amide bonds. The normalized spacial score (nSPS) is 14.3. The molecule has 3 heterocycles. The van der Waals surface area contributed by atoms with Crippen LogP contribution in [0.5, 0.6) is 0 Å². The molecule has 6 heteroatoms. The van der Waals surface area contributed by atoms with Crippen LogP contribution in [0.25, 0.3) is 11.4 Å². The summed E-state index contributed by atoms with van der Waals surface area (Å²) >= 11 is 3.36. The van der Waals surface area contributed by atoms with Crippen molar-refractivity contribution in [3.8, 4) is 11.4 Å². The molecular formula is C12H11BrN4O. The highest BCUT2D eigenvalue weighted by Crippen LogP contribution is 2.18. The fourth-order valence-corrected chi connectivity index (χ4v) is 2.41. The van der Waals surface area contributed by atoms with E-state index in [1.54, 1.807) is 12.4 Å². The van der Waals surface area contributed by atoms with E-state index in [1.807, 2.05) is 6.07 Å². The van der Waals surface area contributed by atoms with E-state index in [1.165, 1.54) is 0 Å². The summed E-state index contributed by atoms with van der Waals surface area (Å²) in [4.78, 5) is 23.4. The third-order valence-corrected chi connectivity index (χ3v) is 3.36. The maximum absolute atomic E-state index is 12.0. The molecule has 0 radical (unpaired) electrons. The molecule has 1 aliphatic heterocycles. The van der Waals surface area contributed by atoms with E-state index >= 15 is 0 Å². The van der Waals surface area contributed by atoms with Crippen molar-refractivity contribution in [1.29, 1.82) is 0 Å². The molecule has 2 aromatic heterocycles. The molecule has 0 unspecified atom stereocenters. The number of rotatable bonds is 1. The number of fused-ring (bicyclic) bond motifs is 1. The van der Waals surface area contributed by atoms with Crippen LogP contribution in [0.15, 0.2) is 27.7 Å². The fourth-order valence-electron chi connectivity index (χ4n) is 2.05. The lowest BCUT2D eigenvalue weighted by Gasteiger charge is -2.15. The lowest BCUT2D eigenvalue weighted by molar-refractivity contribution is 0.619. The summed E-state index contributed by atoms with van der Waals surface area (Å²) in [6.07, 6.45) is 4.11. The fraction of sp³-hybridized carbons (Fsp3) is 0.250. The van der Waals surface area contributed by atoms with Gasteiger partial charge in [0.1, 0.15) is 5.82 Å². The van der Waals surface area contributed by atoms with Crippen LogP contribution in [-0.4, -0.2) is 21.5 Å². The van der Waals surface area contributed by atoms with Crippen LogP contribution < -0.4 is 10.9 Å². The average molecular weight is 307 g/mol. The van der Waals surface area contributed by atoms with E-state index in [2.05, 4.69) is 36.2 Å². The molecule has 0 aromatic carbocycles. The van der Waals surface area contributed by atoms with E-state index in [9.17, 15) is 4.79 Å². The zero-order valence-corrected chi connectivity index (χ0v) is 11.1. The van der Waals surface area contributed by atoms with Crippen LogP contribution >= 0.6 is 15.9 Å². The number of hydrogen-bond donors (Lipinski definition) is 2. The Kier molecular flexibility index (Phi) is 2.97. The van der Waals surface area contributed by atoms with Crippen molar-refractivity contribution in [2.45, 2.75) is 13.0 Å². The van der Waals surface area contributed by atoms with Crippen LogP contribution in [0.1, 0.15) is 11.3 Å². The summed E-state index contributed by atoms with van der Waals surface area (Å²) in [7, 11) is 0. The second kappa shape index (κ2) is 4.62. The lowest BCUT2D eigenvalue weighted by Crippen LogP contribution is -2.31. The Labute approximate surface area is 112 Å². The highest BCUT2D eigenvalue weighted by Gasteiger charge is 2.15. The molecule has 18 heavy (non-hydrogen) atoms. The standard InChI is InChI=1S/C12H11BrN4O/c13-8-3-7(4-15-5-8)11-16-10-6-14-2-1-9(10)12(18)17-11/h3-5,14H,1-2,6H2,(H,16,17,18). The number of aromatic nitrogens is 3. The van der Waals surface area contributed by atoms with Crippen molar-refractivity contribution in [1.82, 2.24) is 20.3 Å². The summed E-state index contributed by atoms with van der Waals surface area (Å²) in [6, 6.07) is 1.88. The summed E-state index contributed by atoms with van der Waals surface area (Å²) in [5, 5.41) is 3.22. The van der Waals surface area contributed by atoms with Crippen molar-refractivity contribution in [2.24, 2.45) is 0 Å². The van der Waals surface area contributed by atoms with Gasteiger partial charge >= 0.3 is 0 Å². The van der Waals surface area contributed by atoms with Crippen molar-refractivity contribution in [3.63, 3.8) is 0 Å². The number of nitrogens with zero attached hydrogens (tertiary/aromatic N) is 2. The van der Waals surface area contributed by atoms with Crippen LogP contribution in [-0.2, 0) is 13.0 Å². The van der Waals surface area contributed by atoms with Crippen LogP contribution in [0.3, 0.4) is 0 Å². The third-order valence-electron chi connectivity index (χ3n) is 2.92. The Morgan fingerprint density at radius 1 is 1.33 bits per heavy atom. The predicted molar refractivity (Wildman–Crippen MR) is 71.2 cm³/mol. The topological polar surface area (TPSA) is 70.7 Å². The molecule has 0 saturated carbocycles. The molecule has 0 saturated heterocycles. The Morgan fingerprint density at radius 3 is 3.06 bits per heavy atom. The number of hydrogen-bond acceptors (Lipinski definition) is 4. The minimum Gasteiger partial charge on any atom is -0.311 e. The minimum absolute atomic E-state index is 0.0449. The maximum Gasteiger partial charge on any atom is 0.254 e. The first-order chi connectivity index (χ1) is 8.74. The second-order valence-electron chi connectivity index (χ2n) is 4.16. The first-order valence-corrected chi connectivity index (χ1v) is 6.47. The van der Waals surface area contributed by atoms with Crippen molar-refractivity contribution in [3.05, 3.63) is 44.5 Å². The van der Waals surface area contributed by atoms with E-state index in [0.717, 1.165) is 34.3 Å². The molecule has 3 rings (SSSR count). The third kappa shape index (κ3) is 2.09. The van der Waals surface area contributed by atoms with Crippen LogP contribution in [0.4, 0.5) is 0 Å². The number of H-pyrrole nitrogens is 1. The lowest BCUT2D eigenvalue weighted by atomic mass is 10.1. The van der Waals surface area contributed by atoms with Gasteiger partial charge in [0.05, 0.1) is 5.69 Å². The van der Waals surface area contributed by atoms with Crippen molar-refractivity contribution >= 4 is 15.9 Å². The molecule has 0 spiro atoms. The molecule has 2 aromatic rings. The summed E-state index contributed by atoms with van der Waals surface area (Å²) in [6.45, 7) is 1.48. The molecule has 1 aliphatic rings. The monoisotopic (exact) mass is 306 g/mol. The van der Waals surface area contributed by atoms with E-state index in [4.69, 9.17) is 0 Å². The van der Waals surface area contributed by atoms with Gasteiger partial charge in [-0.25, -0.2) is 4.98 Å². The average Bonchev–Trinajstić information content (AvgIpc) is 2.39. The van der Waals surface area contributed by atoms with E-state index in [0.29, 0.717) is 12.4 Å². The number of halogens is 1. The molecule has 0 aliphatic carbocycles. The highest BCUT2D eigenvalue weighted by molar-refractivity contribution is 9.10. The summed E-state index contributed by atoms with van der Waals surface area (Å²) in [5.74, 6) is 0.566. The molecule has 0 atom stereocenters. The number of nitrogens with one attached hydrogen (secondary N) is 2. The first-order valence-electron chi connectivity index (χ1n) is 5.68. The van der Waals surface area contributed by atoms with Gasteiger partial charge in [0.25, 0.3) is 5.56 Å². The zero-order chi connectivity index (χ0) is 12.5. The Hall–Kier alpha value is -1.53. The molecule has 0 fully saturated rings. The van der Waals surface area contributed by atoms with Gasteiger partial charge in [-0.2, -0.15) is 0 Å². The van der Waals surface area contributed by atoms with Crippen molar-refractivity contribution < 1.29 is 0 Å². The molecule has 0 bridgehead atoms. The smallest absolute Gasteiger partial charge is 0.254 e. The van der Waals surface area contributed by atoms with Gasteiger partial charge < -0.3 is 10.3 Å². The van der Waals surface area contributed by atoms with Gasteiger partial charge in [0.15, 0.2) is 0 Å². The molecular weight excluding hydrogens is 296 g/mol. The van der Waals surface area contributed by atoms with Crippen LogP contribution in [0, 0.1) is 0 Å². The Bertz CT molecular complexity index is 653. The van der Waals surface area contributed by atoms with E-state index < -0.39 is 0 Å². The first kappa shape index (κ1) is 11.6. The van der Waals surface area contributed by atoms with Crippen molar-refractivity contribution in [2.75, 3.05) is 6.54 Å². The zero-order valence-electron chi connectivity index (χ0n) is 9.53. The van der Waals surface area contributed by atoms with Gasteiger partial charge in [-0.05, 0) is 35.0 Å². The maximum atomic E-state index is 12.0. The molecule has 92 valence electrons. The Morgan fingerprint density at radius 2 is 2.22 bits per heavy atom. The number of pyridine rings is 1. The van der Waals surface area contributed by atoms with Crippen LogP contribution in [0.2, 0.25) is 0 Å². The summed E-state index contributed by atoms with van der Waals surface area (Å²) < 4.78 is 0.860. The molecule has 2 N–H and O–H groups in total. The second-order valence-corrected chi connectivity index (χ2v) is 5.07. The summed E-state index contributed by atoms with van der Waals surface area (Å²) in [5.41, 5.74) is 2.38.